The third-order valence-corrected chi connectivity index (χ3v) is 2.72. The highest BCUT2D eigenvalue weighted by molar-refractivity contribution is 5.42. The standard InChI is InChI=1S/C16H20N2O3/c1-11(2)20-15-5-4-6-18-16(15)21-14-8-12(10-17)7-13(9-14)19-3/h4-9,11H,10,17H2,1-3H3. The van der Waals surface area contributed by atoms with Crippen LogP contribution in [0.4, 0.5) is 0 Å². The van der Waals surface area contributed by atoms with E-state index in [-0.39, 0.29) is 6.10 Å². The van der Waals surface area contributed by atoms with Gasteiger partial charge in [0.25, 0.3) is 5.88 Å². The van der Waals surface area contributed by atoms with Gasteiger partial charge in [0, 0.05) is 18.8 Å². The Balaban J connectivity index is 2.29. The minimum atomic E-state index is 0.0430. The number of nitrogens with two attached hydrogens (primary N) is 1. The topological polar surface area (TPSA) is 66.6 Å². The summed E-state index contributed by atoms with van der Waals surface area (Å²) in [5.74, 6) is 2.32. The number of benzene rings is 1. The van der Waals surface area contributed by atoms with E-state index in [9.17, 15) is 0 Å². The second-order valence-electron chi connectivity index (χ2n) is 4.80. The molecule has 0 aliphatic heterocycles. The summed E-state index contributed by atoms with van der Waals surface area (Å²) < 4.78 is 16.8. The SMILES string of the molecule is COc1cc(CN)cc(Oc2ncccc2OC(C)C)c1. The van der Waals surface area contributed by atoms with Gasteiger partial charge in [-0.05, 0) is 43.7 Å². The molecule has 0 saturated heterocycles. The number of hydrogen-bond acceptors (Lipinski definition) is 5. The molecule has 2 aromatic rings. The van der Waals surface area contributed by atoms with Gasteiger partial charge in [0.05, 0.1) is 13.2 Å². The van der Waals surface area contributed by atoms with Crippen molar-refractivity contribution in [3.05, 3.63) is 42.1 Å². The van der Waals surface area contributed by atoms with Gasteiger partial charge in [0.1, 0.15) is 11.5 Å². The van der Waals surface area contributed by atoms with Gasteiger partial charge in [-0.2, -0.15) is 0 Å². The van der Waals surface area contributed by atoms with Crippen LogP contribution in [-0.4, -0.2) is 18.2 Å². The maximum atomic E-state index is 5.82. The second kappa shape index (κ2) is 6.95. The van der Waals surface area contributed by atoms with E-state index in [0.29, 0.717) is 29.7 Å². The van der Waals surface area contributed by atoms with Crippen molar-refractivity contribution in [3.8, 4) is 23.1 Å². The number of hydrogen-bond donors (Lipinski definition) is 1. The first kappa shape index (κ1) is 15.1. The summed E-state index contributed by atoms with van der Waals surface area (Å²) in [5, 5.41) is 0. The van der Waals surface area contributed by atoms with E-state index in [1.807, 2.05) is 38.1 Å². The molecule has 0 aliphatic rings. The molecular formula is C16H20N2O3. The predicted molar refractivity (Wildman–Crippen MR) is 81.0 cm³/mol. The molecule has 0 bridgehead atoms. The Kier molecular flexibility index (Phi) is 5.00. The lowest BCUT2D eigenvalue weighted by Gasteiger charge is -2.14. The van der Waals surface area contributed by atoms with E-state index in [4.69, 9.17) is 19.9 Å². The number of rotatable bonds is 6. The monoisotopic (exact) mass is 288 g/mol. The van der Waals surface area contributed by atoms with Crippen molar-refractivity contribution in [3.63, 3.8) is 0 Å². The summed E-state index contributed by atoms with van der Waals surface area (Å²) >= 11 is 0. The molecule has 1 aromatic carbocycles. The summed E-state index contributed by atoms with van der Waals surface area (Å²) in [6.07, 6.45) is 1.70. The third-order valence-electron chi connectivity index (χ3n) is 2.72. The predicted octanol–water partition coefficient (Wildman–Crippen LogP) is 3.13. The van der Waals surface area contributed by atoms with Crippen LogP contribution in [0.3, 0.4) is 0 Å². The van der Waals surface area contributed by atoms with Gasteiger partial charge >= 0.3 is 0 Å². The summed E-state index contributed by atoms with van der Waals surface area (Å²) in [5.41, 5.74) is 6.60. The van der Waals surface area contributed by atoms with Gasteiger partial charge in [-0.1, -0.05) is 0 Å². The lowest BCUT2D eigenvalue weighted by atomic mass is 10.2. The first-order valence-electron chi connectivity index (χ1n) is 6.80. The highest BCUT2D eigenvalue weighted by Crippen LogP contribution is 2.32. The van der Waals surface area contributed by atoms with Gasteiger partial charge in [0.2, 0.25) is 0 Å². The van der Waals surface area contributed by atoms with Gasteiger partial charge in [-0.25, -0.2) is 4.98 Å². The van der Waals surface area contributed by atoms with E-state index in [2.05, 4.69) is 4.98 Å². The highest BCUT2D eigenvalue weighted by Gasteiger charge is 2.10. The first-order chi connectivity index (χ1) is 10.1. The van der Waals surface area contributed by atoms with Crippen LogP contribution in [0.2, 0.25) is 0 Å². The summed E-state index contributed by atoms with van der Waals surface area (Å²) in [6, 6.07) is 9.15. The molecule has 1 aromatic heterocycles. The van der Waals surface area contributed by atoms with Crippen molar-refractivity contribution in [1.82, 2.24) is 4.98 Å². The second-order valence-corrected chi connectivity index (χ2v) is 4.80. The molecule has 1 heterocycles. The molecule has 0 spiro atoms. The van der Waals surface area contributed by atoms with Crippen molar-refractivity contribution >= 4 is 0 Å². The zero-order valence-electron chi connectivity index (χ0n) is 12.5. The lowest BCUT2D eigenvalue weighted by molar-refractivity contribution is 0.231. The normalized spacial score (nSPS) is 10.5. The Hall–Kier alpha value is -2.27. The van der Waals surface area contributed by atoms with Crippen molar-refractivity contribution in [2.75, 3.05) is 7.11 Å². The Morgan fingerprint density at radius 2 is 1.95 bits per heavy atom. The minimum absolute atomic E-state index is 0.0430. The first-order valence-corrected chi connectivity index (χ1v) is 6.80. The zero-order chi connectivity index (χ0) is 15.2. The average Bonchev–Trinajstić information content (AvgIpc) is 2.48. The Labute approximate surface area is 124 Å². The average molecular weight is 288 g/mol. The van der Waals surface area contributed by atoms with Crippen LogP contribution in [0.1, 0.15) is 19.4 Å². The van der Waals surface area contributed by atoms with Gasteiger partial charge in [0.15, 0.2) is 5.75 Å². The summed E-state index contributed by atoms with van der Waals surface area (Å²) in [6.45, 7) is 4.31. The maximum absolute atomic E-state index is 5.82. The minimum Gasteiger partial charge on any atom is -0.497 e. The fourth-order valence-corrected chi connectivity index (χ4v) is 1.83. The molecule has 0 atom stereocenters. The van der Waals surface area contributed by atoms with Crippen LogP contribution in [-0.2, 0) is 6.54 Å². The van der Waals surface area contributed by atoms with E-state index in [1.54, 1.807) is 19.4 Å². The molecule has 0 aliphatic carbocycles. The lowest BCUT2D eigenvalue weighted by Crippen LogP contribution is -2.07. The van der Waals surface area contributed by atoms with Crippen LogP contribution in [0.25, 0.3) is 0 Å². The van der Waals surface area contributed by atoms with Gasteiger partial charge < -0.3 is 19.9 Å². The van der Waals surface area contributed by atoms with Crippen molar-refractivity contribution < 1.29 is 14.2 Å². The molecule has 21 heavy (non-hydrogen) atoms. The highest BCUT2D eigenvalue weighted by atomic mass is 16.5. The van der Waals surface area contributed by atoms with Crippen LogP contribution < -0.4 is 19.9 Å². The van der Waals surface area contributed by atoms with Crippen molar-refractivity contribution in [1.29, 1.82) is 0 Å². The molecular weight excluding hydrogens is 268 g/mol. The van der Waals surface area contributed by atoms with E-state index < -0.39 is 0 Å². The summed E-state index contributed by atoms with van der Waals surface area (Å²) in [7, 11) is 1.60. The molecule has 0 radical (unpaired) electrons. The third kappa shape index (κ3) is 4.10. The number of pyridine rings is 1. The van der Waals surface area contributed by atoms with Crippen LogP contribution >= 0.6 is 0 Å². The molecule has 2 N–H and O–H groups in total. The summed E-state index contributed by atoms with van der Waals surface area (Å²) in [4.78, 5) is 4.22. The van der Waals surface area contributed by atoms with E-state index >= 15 is 0 Å². The molecule has 0 unspecified atom stereocenters. The Morgan fingerprint density at radius 3 is 2.62 bits per heavy atom. The molecule has 5 nitrogen and oxygen atoms in total. The maximum Gasteiger partial charge on any atom is 0.262 e. The zero-order valence-corrected chi connectivity index (χ0v) is 12.5. The number of ether oxygens (including phenoxy) is 3. The number of aromatic nitrogens is 1. The van der Waals surface area contributed by atoms with Gasteiger partial charge in [-0.3, -0.25) is 0 Å². The van der Waals surface area contributed by atoms with Crippen LogP contribution in [0.15, 0.2) is 36.5 Å². The largest absolute Gasteiger partial charge is 0.497 e. The van der Waals surface area contributed by atoms with Crippen molar-refractivity contribution in [2.45, 2.75) is 26.5 Å². The molecule has 0 fully saturated rings. The molecule has 2 rings (SSSR count). The number of nitrogens with zero attached hydrogens (tertiary/aromatic N) is 1. The Bertz CT molecular complexity index is 578. The van der Waals surface area contributed by atoms with Crippen LogP contribution in [0, 0.1) is 0 Å². The molecule has 5 heteroatoms. The number of methoxy groups -OCH3 is 1. The van der Waals surface area contributed by atoms with Crippen LogP contribution in [0.5, 0.6) is 23.1 Å². The van der Waals surface area contributed by atoms with E-state index in [1.165, 1.54) is 0 Å². The molecule has 112 valence electrons. The molecule has 0 saturated carbocycles. The van der Waals surface area contributed by atoms with Gasteiger partial charge in [-0.15, -0.1) is 0 Å². The molecule has 0 amide bonds. The van der Waals surface area contributed by atoms with Crippen molar-refractivity contribution in [2.24, 2.45) is 5.73 Å². The fourth-order valence-electron chi connectivity index (χ4n) is 1.83. The quantitative estimate of drug-likeness (QED) is 0.884. The Morgan fingerprint density at radius 1 is 1.19 bits per heavy atom. The fraction of sp³-hybridized carbons (Fsp3) is 0.312. The van der Waals surface area contributed by atoms with E-state index in [0.717, 1.165) is 5.56 Å². The smallest absolute Gasteiger partial charge is 0.262 e.